The molecule has 2 unspecified atom stereocenters. The molecular formula is C16H22BrN3O. The molecular weight excluding hydrogens is 330 g/mol. The summed E-state index contributed by atoms with van der Waals surface area (Å²) in [7, 11) is 4.06. The number of halogens is 1. The molecule has 0 radical (unpaired) electrons. The predicted octanol–water partition coefficient (Wildman–Crippen LogP) is 3.04. The molecule has 0 bridgehead atoms. The molecule has 0 fully saturated rings. The molecule has 1 aromatic heterocycles. The Bertz CT molecular complexity index is 568. The van der Waals surface area contributed by atoms with Crippen molar-refractivity contribution in [1.82, 2.24) is 14.7 Å². The first-order valence-corrected chi connectivity index (χ1v) is 7.89. The summed E-state index contributed by atoms with van der Waals surface area (Å²) >= 11 is 3.51. The molecule has 114 valence electrons. The van der Waals surface area contributed by atoms with Gasteiger partial charge in [-0.3, -0.25) is 4.68 Å². The van der Waals surface area contributed by atoms with Crippen LogP contribution in [0, 0.1) is 0 Å². The number of rotatable bonds is 6. The van der Waals surface area contributed by atoms with E-state index < -0.39 is 6.10 Å². The second-order valence-corrected chi connectivity index (χ2v) is 6.40. The Morgan fingerprint density at radius 3 is 2.57 bits per heavy atom. The Kier molecular flexibility index (Phi) is 5.56. The van der Waals surface area contributed by atoms with Gasteiger partial charge in [-0.15, -0.1) is 0 Å². The van der Waals surface area contributed by atoms with Crippen molar-refractivity contribution in [2.24, 2.45) is 0 Å². The molecule has 2 rings (SSSR count). The first-order valence-electron chi connectivity index (χ1n) is 7.09. The van der Waals surface area contributed by atoms with E-state index in [9.17, 15) is 5.11 Å². The zero-order chi connectivity index (χ0) is 15.4. The quantitative estimate of drug-likeness (QED) is 0.869. The van der Waals surface area contributed by atoms with Crippen LogP contribution < -0.4 is 0 Å². The maximum absolute atomic E-state index is 10.8. The van der Waals surface area contributed by atoms with Crippen molar-refractivity contribution in [2.45, 2.75) is 25.5 Å². The lowest BCUT2D eigenvalue weighted by Gasteiger charge is -2.21. The van der Waals surface area contributed by atoms with Crippen molar-refractivity contribution in [3.05, 3.63) is 52.3 Å². The minimum absolute atomic E-state index is 0.0114. The van der Waals surface area contributed by atoms with Gasteiger partial charge >= 0.3 is 0 Å². The van der Waals surface area contributed by atoms with Gasteiger partial charge in [0, 0.05) is 12.5 Å². The minimum Gasteiger partial charge on any atom is -0.386 e. The van der Waals surface area contributed by atoms with Crippen LogP contribution >= 0.6 is 15.9 Å². The van der Waals surface area contributed by atoms with E-state index in [4.69, 9.17) is 0 Å². The molecule has 1 N–H and O–H groups in total. The largest absolute Gasteiger partial charge is 0.386 e. The topological polar surface area (TPSA) is 41.3 Å². The molecule has 0 amide bonds. The number of likely N-dealkylation sites (N-methyl/N-ethyl adjacent to an activating group) is 1. The second kappa shape index (κ2) is 7.20. The molecule has 0 spiro atoms. The number of hydrogen-bond acceptors (Lipinski definition) is 3. The van der Waals surface area contributed by atoms with E-state index in [0.717, 1.165) is 28.8 Å². The van der Waals surface area contributed by atoms with Crippen molar-refractivity contribution in [1.29, 1.82) is 0 Å². The zero-order valence-electron chi connectivity index (χ0n) is 12.7. The van der Waals surface area contributed by atoms with Gasteiger partial charge in [0.25, 0.3) is 0 Å². The summed E-state index contributed by atoms with van der Waals surface area (Å²) in [6.07, 6.45) is 1.16. The molecule has 21 heavy (non-hydrogen) atoms. The highest BCUT2D eigenvalue weighted by atomic mass is 79.9. The van der Waals surface area contributed by atoms with Gasteiger partial charge in [-0.1, -0.05) is 37.3 Å². The van der Waals surface area contributed by atoms with Crippen LogP contribution in [-0.2, 0) is 6.54 Å². The van der Waals surface area contributed by atoms with Gasteiger partial charge in [-0.25, -0.2) is 0 Å². The molecule has 0 saturated heterocycles. The number of hydrogen-bond donors (Lipinski definition) is 1. The molecule has 0 aliphatic rings. The van der Waals surface area contributed by atoms with Crippen molar-refractivity contribution >= 4 is 15.9 Å². The van der Waals surface area contributed by atoms with E-state index in [0.29, 0.717) is 0 Å². The summed E-state index contributed by atoms with van der Waals surface area (Å²) in [5.74, 6) is 0.0114. The van der Waals surface area contributed by atoms with Gasteiger partial charge in [0.1, 0.15) is 6.10 Å². The van der Waals surface area contributed by atoms with Crippen LogP contribution in [0.4, 0.5) is 0 Å². The lowest BCUT2D eigenvalue weighted by Crippen LogP contribution is -2.22. The molecule has 1 aromatic carbocycles. The lowest BCUT2D eigenvalue weighted by molar-refractivity contribution is 0.139. The molecule has 0 saturated carbocycles. The SMILES string of the molecule is CC(c1ccccc1)C(O)c1c(Br)cnn1CCN(C)C. The summed E-state index contributed by atoms with van der Waals surface area (Å²) in [4.78, 5) is 2.10. The molecule has 1 heterocycles. The maximum atomic E-state index is 10.8. The number of aromatic nitrogens is 2. The fraction of sp³-hybridized carbons (Fsp3) is 0.438. The van der Waals surface area contributed by atoms with Crippen molar-refractivity contribution in [3.63, 3.8) is 0 Å². The summed E-state index contributed by atoms with van der Waals surface area (Å²) in [6.45, 7) is 3.68. The molecule has 4 nitrogen and oxygen atoms in total. The average molecular weight is 352 g/mol. The van der Waals surface area contributed by atoms with E-state index in [-0.39, 0.29) is 5.92 Å². The van der Waals surface area contributed by atoms with Gasteiger partial charge in [-0.2, -0.15) is 5.10 Å². The third kappa shape index (κ3) is 3.93. The highest BCUT2D eigenvalue weighted by Crippen LogP contribution is 2.34. The van der Waals surface area contributed by atoms with Gasteiger partial charge in [0.05, 0.1) is 22.9 Å². The summed E-state index contributed by atoms with van der Waals surface area (Å²) < 4.78 is 2.74. The Balaban J connectivity index is 2.22. The van der Waals surface area contributed by atoms with Gasteiger partial charge in [0.15, 0.2) is 0 Å². The fourth-order valence-corrected chi connectivity index (χ4v) is 2.85. The fourth-order valence-electron chi connectivity index (χ4n) is 2.31. The Hall–Kier alpha value is -1.17. The molecule has 2 aromatic rings. The lowest BCUT2D eigenvalue weighted by atomic mass is 9.93. The summed E-state index contributed by atoms with van der Waals surface area (Å²) in [6, 6.07) is 10.1. The third-order valence-electron chi connectivity index (χ3n) is 3.67. The average Bonchev–Trinajstić information content (AvgIpc) is 2.85. The predicted molar refractivity (Wildman–Crippen MR) is 88.3 cm³/mol. The number of aliphatic hydroxyl groups excluding tert-OH is 1. The third-order valence-corrected chi connectivity index (χ3v) is 4.28. The Morgan fingerprint density at radius 1 is 1.29 bits per heavy atom. The highest BCUT2D eigenvalue weighted by molar-refractivity contribution is 9.10. The summed E-state index contributed by atoms with van der Waals surface area (Å²) in [5, 5.41) is 15.1. The number of benzene rings is 1. The number of aliphatic hydroxyl groups is 1. The van der Waals surface area contributed by atoms with Crippen molar-refractivity contribution in [2.75, 3.05) is 20.6 Å². The van der Waals surface area contributed by atoms with Gasteiger partial charge in [-0.05, 0) is 35.6 Å². The first-order chi connectivity index (χ1) is 10.0. The molecule has 0 aliphatic heterocycles. The van der Waals surface area contributed by atoms with Crippen LogP contribution in [0.15, 0.2) is 41.0 Å². The van der Waals surface area contributed by atoms with Crippen LogP contribution in [0.25, 0.3) is 0 Å². The smallest absolute Gasteiger partial charge is 0.103 e. The summed E-state index contributed by atoms with van der Waals surface area (Å²) in [5.41, 5.74) is 1.96. The molecule has 5 heteroatoms. The molecule has 0 aliphatic carbocycles. The van der Waals surface area contributed by atoms with E-state index in [1.807, 2.05) is 56.0 Å². The Labute approximate surface area is 134 Å². The van der Waals surface area contributed by atoms with Crippen LogP contribution in [0.3, 0.4) is 0 Å². The van der Waals surface area contributed by atoms with Crippen LogP contribution in [0.1, 0.15) is 30.2 Å². The van der Waals surface area contributed by atoms with Crippen molar-refractivity contribution < 1.29 is 5.11 Å². The standard InChI is InChI=1S/C16H22BrN3O/c1-12(13-7-5-4-6-8-13)16(21)15-14(17)11-18-20(15)10-9-19(2)3/h4-8,11-12,16,21H,9-10H2,1-3H3. The van der Waals surface area contributed by atoms with Crippen LogP contribution in [0.5, 0.6) is 0 Å². The second-order valence-electron chi connectivity index (χ2n) is 5.55. The highest BCUT2D eigenvalue weighted by Gasteiger charge is 2.24. The maximum Gasteiger partial charge on any atom is 0.103 e. The first kappa shape index (κ1) is 16.2. The van der Waals surface area contributed by atoms with Crippen LogP contribution in [0.2, 0.25) is 0 Å². The van der Waals surface area contributed by atoms with Gasteiger partial charge < -0.3 is 10.0 Å². The van der Waals surface area contributed by atoms with Gasteiger partial charge in [0.2, 0.25) is 0 Å². The molecule has 2 atom stereocenters. The van der Waals surface area contributed by atoms with Crippen molar-refractivity contribution in [3.8, 4) is 0 Å². The zero-order valence-corrected chi connectivity index (χ0v) is 14.3. The minimum atomic E-state index is -0.591. The normalized spacial score (nSPS) is 14.4. The monoisotopic (exact) mass is 351 g/mol. The van der Waals surface area contributed by atoms with E-state index >= 15 is 0 Å². The van der Waals surface area contributed by atoms with E-state index in [2.05, 4.69) is 25.9 Å². The van der Waals surface area contributed by atoms with E-state index in [1.54, 1.807) is 6.20 Å². The van der Waals surface area contributed by atoms with E-state index in [1.165, 1.54) is 0 Å². The van der Waals surface area contributed by atoms with Crippen LogP contribution in [-0.4, -0.2) is 40.4 Å². The number of nitrogens with zero attached hydrogens (tertiary/aromatic N) is 3. The Morgan fingerprint density at radius 2 is 1.95 bits per heavy atom.